The molecular formula is C24H26N4O2. The van der Waals surface area contributed by atoms with Crippen molar-refractivity contribution < 1.29 is 9.59 Å². The first-order chi connectivity index (χ1) is 14.7. The molecule has 0 radical (unpaired) electrons. The van der Waals surface area contributed by atoms with Crippen molar-refractivity contribution in [1.82, 2.24) is 14.5 Å². The van der Waals surface area contributed by atoms with Gasteiger partial charge in [-0.1, -0.05) is 24.6 Å². The van der Waals surface area contributed by atoms with Gasteiger partial charge in [-0.05, 0) is 56.0 Å². The summed E-state index contributed by atoms with van der Waals surface area (Å²) in [6.07, 6.45) is 6.15. The van der Waals surface area contributed by atoms with Gasteiger partial charge in [0.1, 0.15) is 11.9 Å². The zero-order valence-electron chi connectivity index (χ0n) is 17.0. The van der Waals surface area contributed by atoms with E-state index in [4.69, 9.17) is 4.98 Å². The molecule has 2 aliphatic rings. The number of amides is 2. The number of aryl methyl sites for hydroxylation is 2. The highest BCUT2D eigenvalue weighted by molar-refractivity contribution is 6.02. The molecule has 6 heteroatoms. The maximum atomic E-state index is 13.0. The minimum atomic E-state index is -0.438. The van der Waals surface area contributed by atoms with Gasteiger partial charge in [0.05, 0.1) is 11.0 Å². The van der Waals surface area contributed by atoms with Gasteiger partial charge in [0.25, 0.3) is 5.91 Å². The Hall–Kier alpha value is -3.15. The first-order valence-electron chi connectivity index (χ1n) is 10.9. The summed E-state index contributed by atoms with van der Waals surface area (Å²) in [6, 6.07) is 14.7. The standard InChI is InChI=1S/C24H26N4O2/c29-23(21-10-7-15-28(21)24(30)17-8-3-1-4-9-17)25-18-12-13-20-19(16-18)26-22-11-5-2-6-14-27(20)22/h1,3-4,8-9,12-13,16,21H,2,5-7,10-11,14-15H2,(H,25,29). The van der Waals surface area contributed by atoms with Crippen LogP contribution in [0.2, 0.25) is 0 Å². The summed E-state index contributed by atoms with van der Waals surface area (Å²) in [4.78, 5) is 32.4. The highest BCUT2D eigenvalue weighted by Gasteiger charge is 2.34. The third-order valence-electron chi connectivity index (χ3n) is 6.21. The second-order valence-electron chi connectivity index (χ2n) is 8.21. The summed E-state index contributed by atoms with van der Waals surface area (Å²) in [5.74, 6) is 0.930. The molecule has 3 heterocycles. The van der Waals surface area contributed by atoms with Gasteiger partial charge < -0.3 is 14.8 Å². The number of hydrogen-bond acceptors (Lipinski definition) is 3. The molecule has 1 unspecified atom stereocenters. The van der Waals surface area contributed by atoms with Gasteiger partial charge in [-0.2, -0.15) is 0 Å². The number of rotatable bonds is 3. The molecule has 154 valence electrons. The quantitative estimate of drug-likeness (QED) is 0.720. The van der Waals surface area contributed by atoms with Crippen LogP contribution in [0.3, 0.4) is 0 Å². The Bertz CT molecular complexity index is 1090. The van der Waals surface area contributed by atoms with Crippen LogP contribution >= 0.6 is 0 Å². The van der Waals surface area contributed by atoms with E-state index in [1.165, 1.54) is 19.3 Å². The molecule has 2 aliphatic heterocycles. The second-order valence-corrected chi connectivity index (χ2v) is 8.21. The van der Waals surface area contributed by atoms with Crippen molar-refractivity contribution in [3.63, 3.8) is 0 Å². The molecule has 1 aromatic heterocycles. The fraction of sp³-hybridized carbons (Fsp3) is 0.375. The van der Waals surface area contributed by atoms with E-state index in [1.807, 2.05) is 36.4 Å². The van der Waals surface area contributed by atoms with Gasteiger partial charge in [-0.25, -0.2) is 4.98 Å². The van der Waals surface area contributed by atoms with E-state index in [1.54, 1.807) is 17.0 Å². The average Bonchev–Trinajstić information content (AvgIpc) is 3.32. The SMILES string of the molecule is O=C(Nc1ccc2c(c1)nc1n2CCCCC1)C1CCCN1C(=O)c1ccccc1. The molecule has 3 aromatic rings. The number of nitrogens with zero attached hydrogens (tertiary/aromatic N) is 3. The van der Waals surface area contributed by atoms with Crippen molar-refractivity contribution in [2.24, 2.45) is 0 Å². The minimum absolute atomic E-state index is 0.0819. The maximum absolute atomic E-state index is 13.0. The van der Waals surface area contributed by atoms with E-state index in [0.717, 1.165) is 41.9 Å². The van der Waals surface area contributed by atoms with Gasteiger partial charge in [0.2, 0.25) is 5.91 Å². The van der Waals surface area contributed by atoms with Crippen molar-refractivity contribution in [3.05, 3.63) is 59.9 Å². The fourth-order valence-electron chi connectivity index (χ4n) is 4.68. The molecule has 2 amide bonds. The predicted octanol–water partition coefficient (Wildman–Crippen LogP) is 4.01. The van der Waals surface area contributed by atoms with Crippen LogP contribution in [0.4, 0.5) is 5.69 Å². The molecule has 2 aromatic carbocycles. The molecule has 0 aliphatic carbocycles. The maximum Gasteiger partial charge on any atom is 0.254 e. The van der Waals surface area contributed by atoms with Crippen LogP contribution in [0.1, 0.15) is 48.3 Å². The van der Waals surface area contributed by atoms with Crippen LogP contribution in [-0.4, -0.2) is 38.9 Å². The highest BCUT2D eigenvalue weighted by atomic mass is 16.2. The van der Waals surface area contributed by atoms with E-state index < -0.39 is 6.04 Å². The van der Waals surface area contributed by atoms with Gasteiger partial charge in [-0.15, -0.1) is 0 Å². The summed E-state index contributed by atoms with van der Waals surface area (Å²) in [5.41, 5.74) is 3.41. The third kappa shape index (κ3) is 3.47. The van der Waals surface area contributed by atoms with Crippen LogP contribution in [-0.2, 0) is 17.8 Å². The van der Waals surface area contributed by atoms with E-state index in [-0.39, 0.29) is 11.8 Å². The van der Waals surface area contributed by atoms with E-state index in [0.29, 0.717) is 18.5 Å². The normalized spacial score (nSPS) is 18.8. The number of imidazole rings is 1. The molecule has 30 heavy (non-hydrogen) atoms. The molecule has 0 bridgehead atoms. The fourth-order valence-corrected chi connectivity index (χ4v) is 4.68. The molecule has 6 nitrogen and oxygen atoms in total. The van der Waals surface area contributed by atoms with Crippen molar-refractivity contribution in [2.75, 3.05) is 11.9 Å². The number of aromatic nitrogens is 2. The van der Waals surface area contributed by atoms with E-state index in [2.05, 4.69) is 9.88 Å². The molecule has 5 rings (SSSR count). The Morgan fingerprint density at radius 1 is 0.967 bits per heavy atom. The third-order valence-corrected chi connectivity index (χ3v) is 6.21. The minimum Gasteiger partial charge on any atom is -0.328 e. The van der Waals surface area contributed by atoms with Crippen LogP contribution in [0.15, 0.2) is 48.5 Å². The molecule has 1 atom stereocenters. The monoisotopic (exact) mass is 402 g/mol. The molecule has 0 saturated carbocycles. The van der Waals surface area contributed by atoms with E-state index >= 15 is 0 Å². The van der Waals surface area contributed by atoms with Crippen LogP contribution < -0.4 is 5.32 Å². The Labute approximate surface area is 175 Å². The first-order valence-corrected chi connectivity index (χ1v) is 10.9. The van der Waals surface area contributed by atoms with Crippen LogP contribution in [0, 0.1) is 0 Å². The summed E-state index contributed by atoms with van der Waals surface area (Å²) in [5, 5.41) is 3.02. The molecule has 1 saturated heterocycles. The molecule has 1 N–H and O–H groups in total. The summed E-state index contributed by atoms with van der Waals surface area (Å²) in [7, 11) is 0. The number of hydrogen-bond donors (Lipinski definition) is 1. The first kappa shape index (κ1) is 18.9. The van der Waals surface area contributed by atoms with Crippen molar-refractivity contribution in [2.45, 2.75) is 51.1 Å². The molecular weight excluding hydrogens is 376 g/mol. The van der Waals surface area contributed by atoms with Gasteiger partial charge >= 0.3 is 0 Å². The average molecular weight is 402 g/mol. The zero-order chi connectivity index (χ0) is 20.5. The summed E-state index contributed by atoms with van der Waals surface area (Å²) >= 11 is 0. The number of fused-ring (bicyclic) bond motifs is 3. The Morgan fingerprint density at radius 2 is 1.83 bits per heavy atom. The van der Waals surface area contributed by atoms with Gasteiger partial charge in [0, 0.05) is 30.8 Å². The predicted molar refractivity (Wildman–Crippen MR) is 116 cm³/mol. The Balaban J connectivity index is 1.34. The summed E-state index contributed by atoms with van der Waals surface area (Å²) < 4.78 is 2.31. The van der Waals surface area contributed by atoms with Crippen molar-refractivity contribution >= 4 is 28.5 Å². The van der Waals surface area contributed by atoms with E-state index in [9.17, 15) is 9.59 Å². The van der Waals surface area contributed by atoms with Crippen LogP contribution in [0.25, 0.3) is 11.0 Å². The number of likely N-dealkylation sites (tertiary alicyclic amines) is 1. The number of carbonyl (C=O) groups is 2. The Morgan fingerprint density at radius 3 is 2.70 bits per heavy atom. The number of benzene rings is 2. The van der Waals surface area contributed by atoms with Gasteiger partial charge in [-0.3, -0.25) is 9.59 Å². The number of nitrogens with one attached hydrogen (secondary N) is 1. The smallest absolute Gasteiger partial charge is 0.254 e. The largest absolute Gasteiger partial charge is 0.328 e. The lowest BCUT2D eigenvalue weighted by Gasteiger charge is -2.24. The topological polar surface area (TPSA) is 67.2 Å². The lowest BCUT2D eigenvalue weighted by Crippen LogP contribution is -2.43. The molecule has 0 spiro atoms. The lowest BCUT2D eigenvalue weighted by molar-refractivity contribution is -0.119. The van der Waals surface area contributed by atoms with Crippen molar-refractivity contribution in [1.29, 1.82) is 0 Å². The lowest BCUT2D eigenvalue weighted by atomic mass is 10.1. The van der Waals surface area contributed by atoms with Crippen LogP contribution in [0.5, 0.6) is 0 Å². The Kier molecular flexibility index (Phi) is 4.99. The highest BCUT2D eigenvalue weighted by Crippen LogP contribution is 2.26. The second kappa shape index (κ2) is 7.94. The number of anilines is 1. The molecule has 1 fully saturated rings. The summed E-state index contributed by atoms with van der Waals surface area (Å²) in [6.45, 7) is 1.62. The zero-order valence-corrected chi connectivity index (χ0v) is 17.0. The number of carbonyl (C=O) groups excluding carboxylic acids is 2. The van der Waals surface area contributed by atoms with Crippen molar-refractivity contribution in [3.8, 4) is 0 Å². The van der Waals surface area contributed by atoms with Gasteiger partial charge in [0.15, 0.2) is 0 Å².